The molecule has 106 valence electrons. The van der Waals surface area contributed by atoms with Gasteiger partial charge in [-0.3, -0.25) is 4.98 Å². The third-order valence-electron chi connectivity index (χ3n) is 3.68. The predicted molar refractivity (Wildman–Crippen MR) is 85.1 cm³/mol. The molecule has 2 nitrogen and oxygen atoms in total. The minimum absolute atomic E-state index is 0.167. The van der Waals surface area contributed by atoms with Crippen LogP contribution in [0.15, 0.2) is 30.5 Å². The number of aryl methyl sites for hydroxylation is 4. The number of nitrogens with one attached hydrogen (secondary N) is 1. The standard InChI is InChI=1S/C18H24N2/c1-6-19-18(16-10-12(2)7-8-14(16)4)17-15(5)9-13(3)11-20-17/h7-11,18-19H,6H2,1-5H3. The molecule has 20 heavy (non-hydrogen) atoms. The van der Waals surface area contributed by atoms with E-state index in [9.17, 15) is 0 Å². The zero-order valence-corrected chi connectivity index (χ0v) is 13.1. The second kappa shape index (κ2) is 6.19. The van der Waals surface area contributed by atoms with Crippen LogP contribution < -0.4 is 5.32 Å². The van der Waals surface area contributed by atoms with Crippen LogP contribution in [0.5, 0.6) is 0 Å². The Morgan fingerprint density at radius 2 is 1.75 bits per heavy atom. The third kappa shape index (κ3) is 3.07. The van der Waals surface area contributed by atoms with Gasteiger partial charge in [-0.15, -0.1) is 0 Å². The lowest BCUT2D eigenvalue weighted by atomic mass is 9.94. The Morgan fingerprint density at radius 3 is 2.40 bits per heavy atom. The summed E-state index contributed by atoms with van der Waals surface area (Å²) in [6.07, 6.45) is 1.96. The van der Waals surface area contributed by atoms with Crippen molar-refractivity contribution in [3.8, 4) is 0 Å². The second-order valence-electron chi connectivity index (χ2n) is 5.57. The molecule has 0 amide bonds. The van der Waals surface area contributed by atoms with Crippen molar-refractivity contribution in [1.29, 1.82) is 0 Å². The quantitative estimate of drug-likeness (QED) is 0.906. The fourth-order valence-corrected chi connectivity index (χ4v) is 2.66. The Balaban J connectivity index is 2.53. The molecule has 0 aliphatic carbocycles. The SMILES string of the molecule is CCNC(c1cc(C)ccc1C)c1ncc(C)cc1C. The number of nitrogens with zero attached hydrogens (tertiary/aromatic N) is 1. The van der Waals surface area contributed by atoms with Crippen molar-refractivity contribution < 1.29 is 0 Å². The molecule has 1 aromatic carbocycles. The molecular weight excluding hydrogens is 244 g/mol. The molecule has 0 bridgehead atoms. The lowest BCUT2D eigenvalue weighted by Gasteiger charge is -2.22. The summed E-state index contributed by atoms with van der Waals surface area (Å²) in [6.45, 7) is 11.6. The molecule has 0 saturated carbocycles. The van der Waals surface area contributed by atoms with E-state index in [0.29, 0.717) is 0 Å². The molecule has 1 N–H and O–H groups in total. The Kier molecular flexibility index (Phi) is 4.56. The van der Waals surface area contributed by atoms with Gasteiger partial charge in [0.1, 0.15) is 0 Å². The van der Waals surface area contributed by atoms with E-state index in [4.69, 9.17) is 0 Å². The van der Waals surface area contributed by atoms with Crippen LogP contribution in [-0.2, 0) is 0 Å². The average molecular weight is 268 g/mol. The first-order valence-corrected chi connectivity index (χ1v) is 7.26. The lowest BCUT2D eigenvalue weighted by molar-refractivity contribution is 0.608. The summed E-state index contributed by atoms with van der Waals surface area (Å²) in [7, 11) is 0. The first-order valence-electron chi connectivity index (χ1n) is 7.26. The molecular formula is C18H24N2. The van der Waals surface area contributed by atoms with Gasteiger partial charge in [0.05, 0.1) is 11.7 Å². The fourth-order valence-electron chi connectivity index (χ4n) is 2.66. The largest absolute Gasteiger partial charge is 0.305 e. The van der Waals surface area contributed by atoms with Crippen molar-refractivity contribution in [2.75, 3.05) is 6.54 Å². The van der Waals surface area contributed by atoms with E-state index in [-0.39, 0.29) is 6.04 Å². The van der Waals surface area contributed by atoms with Crippen LogP contribution in [-0.4, -0.2) is 11.5 Å². The smallest absolute Gasteiger partial charge is 0.0756 e. The maximum absolute atomic E-state index is 4.68. The van der Waals surface area contributed by atoms with Crippen LogP contribution in [0.3, 0.4) is 0 Å². The molecule has 0 radical (unpaired) electrons. The van der Waals surface area contributed by atoms with Crippen LogP contribution >= 0.6 is 0 Å². The van der Waals surface area contributed by atoms with Crippen LogP contribution in [0.4, 0.5) is 0 Å². The van der Waals surface area contributed by atoms with E-state index in [1.165, 1.54) is 27.8 Å². The predicted octanol–water partition coefficient (Wildman–Crippen LogP) is 4.01. The van der Waals surface area contributed by atoms with Gasteiger partial charge in [-0.05, 0) is 56.5 Å². The number of benzene rings is 1. The van der Waals surface area contributed by atoms with Crippen molar-refractivity contribution >= 4 is 0 Å². The van der Waals surface area contributed by atoms with Crippen molar-refractivity contribution in [2.24, 2.45) is 0 Å². The topological polar surface area (TPSA) is 24.9 Å². The summed E-state index contributed by atoms with van der Waals surface area (Å²) in [5, 5.41) is 3.58. The summed E-state index contributed by atoms with van der Waals surface area (Å²) in [6, 6.07) is 9.00. The van der Waals surface area contributed by atoms with Crippen molar-refractivity contribution in [3.05, 3.63) is 64.0 Å². The third-order valence-corrected chi connectivity index (χ3v) is 3.68. The highest BCUT2D eigenvalue weighted by Gasteiger charge is 2.18. The first-order chi connectivity index (χ1) is 9.52. The molecule has 2 heteroatoms. The van der Waals surface area contributed by atoms with Gasteiger partial charge in [0.25, 0.3) is 0 Å². The highest BCUT2D eigenvalue weighted by atomic mass is 14.9. The van der Waals surface area contributed by atoms with E-state index in [2.05, 4.69) is 69.2 Å². The Morgan fingerprint density at radius 1 is 1.00 bits per heavy atom. The number of hydrogen-bond acceptors (Lipinski definition) is 2. The van der Waals surface area contributed by atoms with Crippen molar-refractivity contribution in [2.45, 2.75) is 40.7 Å². The molecule has 0 aliphatic heterocycles. The number of hydrogen-bond donors (Lipinski definition) is 1. The van der Waals surface area contributed by atoms with Crippen LogP contribution in [0.1, 0.15) is 46.5 Å². The molecule has 0 aliphatic rings. The monoisotopic (exact) mass is 268 g/mol. The van der Waals surface area contributed by atoms with E-state index in [1.807, 2.05) is 6.20 Å². The van der Waals surface area contributed by atoms with E-state index in [0.717, 1.165) is 12.2 Å². The fraction of sp³-hybridized carbons (Fsp3) is 0.389. The lowest BCUT2D eigenvalue weighted by Crippen LogP contribution is -2.24. The summed E-state index contributed by atoms with van der Waals surface area (Å²) in [5.41, 5.74) is 7.51. The molecule has 1 unspecified atom stereocenters. The maximum atomic E-state index is 4.68. The maximum Gasteiger partial charge on any atom is 0.0756 e. The van der Waals surface area contributed by atoms with E-state index >= 15 is 0 Å². The minimum atomic E-state index is 0.167. The summed E-state index contributed by atoms with van der Waals surface area (Å²) >= 11 is 0. The molecule has 0 spiro atoms. The van der Waals surface area contributed by atoms with Gasteiger partial charge in [-0.1, -0.05) is 36.8 Å². The Labute approximate surface area is 122 Å². The average Bonchev–Trinajstić information content (AvgIpc) is 2.40. The van der Waals surface area contributed by atoms with Gasteiger partial charge in [0, 0.05) is 6.20 Å². The molecule has 2 rings (SSSR count). The van der Waals surface area contributed by atoms with Gasteiger partial charge in [0.15, 0.2) is 0 Å². The van der Waals surface area contributed by atoms with Crippen LogP contribution in [0.2, 0.25) is 0 Å². The van der Waals surface area contributed by atoms with Gasteiger partial charge in [-0.2, -0.15) is 0 Å². The highest BCUT2D eigenvalue weighted by Crippen LogP contribution is 2.27. The van der Waals surface area contributed by atoms with Crippen molar-refractivity contribution in [3.63, 3.8) is 0 Å². The van der Waals surface area contributed by atoms with Gasteiger partial charge < -0.3 is 5.32 Å². The molecule has 0 fully saturated rings. The Bertz CT molecular complexity index is 602. The van der Waals surface area contributed by atoms with Gasteiger partial charge >= 0.3 is 0 Å². The molecule has 0 saturated heterocycles. The summed E-state index contributed by atoms with van der Waals surface area (Å²) in [5.74, 6) is 0. The number of pyridine rings is 1. The van der Waals surface area contributed by atoms with Gasteiger partial charge in [0.2, 0.25) is 0 Å². The normalized spacial score (nSPS) is 12.4. The molecule has 1 heterocycles. The van der Waals surface area contributed by atoms with E-state index < -0.39 is 0 Å². The van der Waals surface area contributed by atoms with E-state index in [1.54, 1.807) is 0 Å². The highest BCUT2D eigenvalue weighted by molar-refractivity contribution is 5.39. The summed E-state index contributed by atoms with van der Waals surface area (Å²) < 4.78 is 0. The van der Waals surface area contributed by atoms with Crippen molar-refractivity contribution in [1.82, 2.24) is 10.3 Å². The van der Waals surface area contributed by atoms with Gasteiger partial charge in [-0.25, -0.2) is 0 Å². The zero-order chi connectivity index (χ0) is 14.7. The number of aromatic nitrogens is 1. The molecule has 2 aromatic rings. The second-order valence-corrected chi connectivity index (χ2v) is 5.57. The first kappa shape index (κ1) is 14.7. The van der Waals surface area contributed by atoms with Crippen LogP contribution in [0.25, 0.3) is 0 Å². The summed E-state index contributed by atoms with van der Waals surface area (Å²) in [4.78, 5) is 4.68. The molecule has 1 atom stereocenters. The Hall–Kier alpha value is -1.67. The zero-order valence-electron chi connectivity index (χ0n) is 13.1. The van der Waals surface area contributed by atoms with Crippen LogP contribution in [0, 0.1) is 27.7 Å². The minimum Gasteiger partial charge on any atom is -0.305 e. The number of rotatable bonds is 4. The molecule has 1 aromatic heterocycles.